The number of rotatable bonds is 2. The zero-order chi connectivity index (χ0) is 8.88. The van der Waals surface area contributed by atoms with Crippen LogP contribution in [0.5, 0.6) is 0 Å². The summed E-state index contributed by atoms with van der Waals surface area (Å²) in [6.45, 7) is 9.65. The number of hydrogen-bond donors (Lipinski definition) is 0. The van der Waals surface area contributed by atoms with Crippen molar-refractivity contribution in [2.75, 3.05) is 0 Å². The van der Waals surface area contributed by atoms with Gasteiger partial charge in [-0.15, -0.1) is 0 Å². The van der Waals surface area contributed by atoms with E-state index in [1.807, 2.05) is 0 Å². The highest BCUT2D eigenvalue weighted by Gasteiger charge is 2.54. The van der Waals surface area contributed by atoms with Crippen LogP contribution >= 0.6 is 0 Å². The van der Waals surface area contributed by atoms with Crippen LogP contribution in [0.25, 0.3) is 0 Å². The zero-order valence-electron chi connectivity index (χ0n) is 8.88. The van der Waals surface area contributed by atoms with Crippen molar-refractivity contribution in [1.82, 2.24) is 0 Å². The van der Waals surface area contributed by atoms with E-state index < -0.39 is 0 Å². The van der Waals surface area contributed by atoms with Crippen molar-refractivity contribution in [3.63, 3.8) is 0 Å². The second kappa shape index (κ2) is 2.75. The maximum atomic E-state index is 2.42. The summed E-state index contributed by atoms with van der Waals surface area (Å²) in [6.07, 6.45) is 3.11. The molecule has 0 aromatic carbocycles. The van der Waals surface area contributed by atoms with Gasteiger partial charge >= 0.3 is 0 Å². The normalized spacial score (nSPS) is 45.5. The average molecular weight is 166 g/mol. The van der Waals surface area contributed by atoms with Crippen LogP contribution in [-0.4, -0.2) is 0 Å². The predicted molar refractivity (Wildman–Crippen MR) is 52.9 cm³/mol. The molecule has 2 saturated carbocycles. The summed E-state index contributed by atoms with van der Waals surface area (Å²) in [6, 6.07) is 0. The molecular formula is C12H22. The first-order valence-corrected chi connectivity index (χ1v) is 5.61. The Labute approximate surface area is 76.7 Å². The van der Waals surface area contributed by atoms with E-state index in [-0.39, 0.29) is 0 Å². The maximum absolute atomic E-state index is 2.42. The fourth-order valence-corrected chi connectivity index (χ4v) is 3.54. The fourth-order valence-electron chi connectivity index (χ4n) is 3.54. The van der Waals surface area contributed by atoms with Gasteiger partial charge in [0.2, 0.25) is 0 Å². The Morgan fingerprint density at radius 2 is 1.58 bits per heavy atom. The lowest BCUT2D eigenvalue weighted by Gasteiger charge is -2.29. The van der Waals surface area contributed by atoms with E-state index in [0.29, 0.717) is 0 Å². The molecule has 0 aliphatic heterocycles. The minimum Gasteiger partial charge on any atom is -0.0625 e. The molecule has 2 aliphatic carbocycles. The lowest BCUT2D eigenvalue weighted by molar-refractivity contribution is 0.201. The van der Waals surface area contributed by atoms with E-state index in [4.69, 9.17) is 0 Å². The lowest BCUT2D eigenvalue weighted by Crippen LogP contribution is -2.22. The molecule has 0 N–H and O–H groups in total. The first kappa shape index (κ1) is 8.59. The molecule has 0 bridgehead atoms. The van der Waals surface area contributed by atoms with Gasteiger partial charge in [0, 0.05) is 0 Å². The molecule has 0 heterocycles. The second-order valence-corrected chi connectivity index (χ2v) is 5.62. The van der Waals surface area contributed by atoms with Crippen LogP contribution in [0.2, 0.25) is 0 Å². The van der Waals surface area contributed by atoms with Crippen molar-refractivity contribution in [3.8, 4) is 0 Å². The van der Waals surface area contributed by atoms with Crippen molar-refractivity contribution in [3.05, 3.63) is 0 Å². The summed E-state index contributed by atoms with van der Waals surface area (Å²) in [5.41, 5.74) is 0. The lowest BCUT2D eigenvalue weighted by atomic mass is 9.77. The molecule has 0 saturated heterocycles. The SMILES string of the molecule is CC(C)[C@@H]1[C@H]2C[C@H]2C[C@@H]1C(C)C. The molecule has 0 heteroatoms. The minimum atomic E-state index is 0.921. The molecule has 0 amide bonds. The highest BCUT2D eigenvalue weighted by atomic mass is 14.6. The molecule has 2 aliphatic rings. The van der Waals surface area contributed by atoms with Gasteiger partial charge < -0.3 is 0 Å². The third kappa shape index (κ3) is 1.20. The monoisotopic (exact) mass is 166 g/mol. The van der Waals surface area contributed by atoms with Crippen LogP contribution in [0.1, 0.15) is 40.5 Å². The van der Waals surface area contributed by atoms with Gasteiger partial charge in [-0.05, 0) is 48.3 Å². The van der Waals surface area contributed by atoms with E-state index in [9.17, 15) is 0 Å². The summed E-state index contributed by atoms with van der Waals surface area (Å²) in [5, 5.41) is 0. The summed E-state index contributed by atoms with van der Waals surface area (Å²) < 4.78 is 0. The van der Waals surface area contributed by atoms with Crippen LogP contribution < -0.4 is 0 Å². The highest BCUT2D eigenvalue weighted by Crippen LogP contribution is 2.61. The topological polar surface area (TPSA) is 0 Å². The summed E-state index contributed by atoms with van der Waals surface area (Å²) in [4.78, 5) is 0. The number of hydrogen-bond acceptors (Lipinski definition) is 0. The summed E-state index contributed by atoms with van der Waals surface area (Å²) in [7, 11) is 0. The summed E-state index contributed by atoms with van der Waals surface area (Å²) >= 11 is 0. The first-order chi connectivity index (χ1) is 5.61. The van der Waals surface area contributed by atoms with Crippen molar-refractivity contribution in [1.29, 1.82) is 0 Å². The van der Waals surface area contributed by atoms with E-state index >= 15 is 0 Å². The molecule has 4 atom stereocenters. The Hall–Kier alpha value is 0. The van der Waals surface area contributed by atoms with Crippen LogP contribution in [0.3, 0.4) is 0 Å². The van der Waals surface area contributed by atoms with Crippen molar-refractivity contribution >= 4 is 0 Å². The molecule has 0 radical (unpaired) electrons. The standard InChI is InChI=1S/C12H22/c1-7(2)10-5-9-6-11(9)12(10)8(3)4/h7-12H,5-6H2,1-4H3/t9-,10-,11+,12+/m1/s1. The molecule has 0 aromatic heterocycles. The van der Waals surface area contributed by atoms with Crippen molar-refractivity contribution in [2.24, 2.45) is 35.5 Å². The Morgan fingerprint density at radius 1 is 0.917 bits per heavy atom. The Morgan fingerprint density at radius 3 is 2.00 bits per heavy atom. The van der Waals surface area contributed by atoms with Gasteiger partial charge in [0.05, 0.1) is 0 Å². The first-order valence-electron chi connectivity index (χ1n) is 5.61. The Kier molecular flexibility index (Phi) is 1.97. The van der Waals surface area contributed by atoms with E-state index in [0.717, 1.165) is 35.5 Å². The molecule has 0 nitrogen and oxygen atoms in total. The molecular weight excluding hydrogens is 144 g/mol. The molecule has 0 unspecified atom stereocenters. The number of fused-ring (bicyclic) bond motifs is 1. The van der Waals surface area contributed by atoms with Gasteiger partial charge in [0.1, 0.15) is 0 Å². The Bertz CT molecular complexity index is 169. The van der Waals surface area contributed by atoms with Crippen LogP contribution in [0, 0.1) is 35.5 Å². The third-order valence-electron chi connectivity index (χ3n) is 4.17. The Balaban J connectivity index is 2.06. The van der Waals surface area contributed by atoms with Crippen LogP contribution in [-0.2, 0) is 0 Å². The van der Waals surface area contributed by atoms with Crippen molar-refractivity contribution in [2.45, 2.75) is 40.5 Å². The quantitative estimate of drug-likeness (QED) is 0.588. The minimum absolute atomic E-state index is 0.921. The molecule has 2 rings (SSSR count). The van der Waals surface area contributed by atoms with E-state index in [1.165, 1.54) is 0 Å². The molecule has 0 spiro atoms. The van der Waals surface area contributed by atoms with Gasteiger partial charge in [-0.2, -0.15) is 0 Å². The summed E-state index contributed by atoms with van der Waals surface area (Å²) in [5.74, 6) is 6.24. The molecule has 2 fully saturated rings. The highest BCUT2D eigenvalue weighted by molar-refractivity contribution is 5.03. The third-order valence-corrected chi connectivity index (χ3v) is 4.17. The van der Waals surface area contributed by atoms with E-state index in [2.05, 4.69) is 27.7 Å². The molecule has 12 heavy (non-hydrogen) atoms. The van der Waals surface area contributed by atoms with Gasteiger partial charge in [-0.25, -0.2) is 0 Å². The van der Waals surface area contributed by atoms with Gasteiger partial charge in [0.15, 0.2) is 0 Å². The average Bonchev–Trinajstić information content (AvgIpc) is 2.60. The maximum Gasteiger partial charge on any atom is -0.0329 e. The van der Waals surface area contributed by atoms with Crippen LogP contribution in [0.15, 0.2) is 0 Å². The predicted octanol–water partition coefficient (Wildman–Crippen LogP) is 3.57. The van der Waals surface area contributed by atoms with Gasteiger partial charge in [-0.1, -0.05) is 27.7 Å². The second-order valence-electron chi connectivity index (χ2n) is 5.62. The fraction of sp³-hybridized carbons (Fsp3) is 1.00. The smallest absolute Gasteiger partial charge is 0.0329 e. The van der Waals surface area contributed by atoms with E-state index in [1.54, 1.807) is 12.8 Å². The molecule has 70 valence electrons. The van der Waals surface area contributed by atoms with Crippen molar-refractivity contribution < 1.29 is 0 Å². The van der Waals surface area contributed by atoms with Gasteiger partial charge in [0.25, 0.3) is 0 Å². The zero-order valence-corrected chi connectivity index (χ0v) is 8.88. The molecule has 0 aromatic rings. The van der Waals surface area contributed by atoms with Gasteiger partial charge in [-0.3, -0.25) is 0 Å². The largest absolute Gasteiger partial charge is 0.0625 e. The van der Waals surface area contributed by atoms with Crippen LogP contribution in [0.4, 0.5) is 0 Å².